The lowest BCUT2D eigenvalue weighted by Crippen LogP contribution is -2.41. The van der Waals surface area contributed by atoms with Gasteiger partial charge >= 0.3 is 7.12 Å². The van der Waals surface area contributed by atoms with Crippen molar-refractivity contribution in [2.45, 2.75) is 65.1 Å². The summed E-state index contributed by atoms with van der Waals surface area (Å²) in [5, 5.41) is 0. The summed E-state index contributed by atoms with van der Waals surface area (Å²) in [5.74, 6) is 1.59. The Kier molecular flexibility index (Phi) is 6.03. The number of anilines is 3. The molecule has 176 valence electrons. The summed E-state index contributed by atoms with van der Waals surface area (Å²) in [4.78, 5) is 2.26. The number of unbranched alkanes of at least 4 members (excludes halogenated alkanes) is 1. The molecule has 6 heteroatoms. The number of hydrogen-bond acceptors (Lipinski definition) is 4. The first-order valence-electron chi connectivity index (χ1n) is 12.0. The number of aryl methyl sites for hydroxylation is 1. The Bertz CT molecular complexity index is 1190. The lowest BCUT2D eigenvalue weighted by Gasteiger charge is -2.33. The molecule has 0 saturated carbocycles. The van der Waals surface area contributed by atoms with E-state index < -0.39 is 18.3 Å². The Hall–Kier alpha value is -2.28. The van der Waals surface area contributed by atoms with E-state index >= 15 is 0 Å². The van der Waals surface area contributed by atoms with E-state index in [1.807, 2.05) is 12.1 Å². The SMILES string of the molecule is CCCCc1ccc(N2c3ccc(Br)cc3Oc3cc(B4OC(C)(C)C(C)(C)O4)ccc32)cc1. The summed E-state index contributed by atoms with van der Waals surface area (Å²) in [6.07, 6.45) is 3.52. The van der Waals surface area contributed by atoms with E-state index in [0.29, 0.717) is 0 Å². The van der Waals surface area contributed by atoms with Crippen LogP contribution in [0, 0.1) is 0 Å². The number of nitrogens with zero attached hydrogens (tertiary/aromatic N) is 1. The van der Waals surface area contributed by atoms with E-state index in [4.69, 9.17) is 14.0 Å². The normalized spacial score (nSPS) is 17.8. The van der Waals surface area contributed by atoms with E-state index in [9.17, 15) is 0 Å². The molecular formula is C28H31BBrNO3. The zero-order valence-corrected chi connectivity index (χ0v) is 22.1. The second-order valence-corrected chi connectivity index (χ2v) is 11.1. The lowest BCUT2D eigenvalue weighted by atomic mass is 9.79. The van der Waals surface area contributed by atoms with Gasteiger partial charge in [-0.3, -0.25) is 0 Å². The standard InChI is InChI=1S/C28H31BBrNO3/c1-6-7-8-19-9-13-22(14-10-19)31-23-15-11-20(29-33-27(2,3)28(4,5)34-29)17-25(23)32-26-18-21(30)12-16-24(26)31/h9-18H,6-8H2,1-5H3. The molecule has 0 N–H and O–H groups in total. The van der Waals surface area contributed by atoms with Crippen molar-refractivity contribution in [3.63, 3.8) is 0 Å². The van der Waals surface area contributed by atoms with Gasteiger partial charge in [-0.05, 0) is 94.0 Å². The quantitative estimate of drug-likeness (QED) is 0.253. The number of halogens is 1. The van der Waals surface area contributed by atoms with E-state index in [1.165, 1.54) is 18.4 Å². The molecule has 0 spiro atoms. The van der Waals surface area contributed by atoms with Gasteiger partial charge in [0.05, 0.1) is 22.6 Å². The van der Waals surface area contributed by atoms with Crippen LogP contribution < -0.4 is 15.1 Å². The van der Waals surface area contributed by atoms with Gasteiger partial charge in [-0.15, -0.1) is 0 Å². The van der Waals surface area contributed by atoms with Crippen molar-refractivity contribution < 1.29 is 14.0 Å². The van der Waals surface area contributed by atoms with Gasteiger partial charge < -0.3 is 18.9 Å². The Balaban J connectivity index is 1.54. The molecule has 2 aliphatic heterocycles. The van der Waals surface area contributed by atoms with Crippen LogP contribution in [0.15, 0.2) is 65.1 Å². The van der Waals surface area contributed by atoms with E-state index in [1.54, 1.807) is 0 Å². The van der Waals surface area contributed by atoms with Crippen LogP contribution in [0.25, 0.3) is 0 Å². The highest BCUT2D eigenvalue weighted by Crippen LogP contribution is 2.51. The molecule has 3 aromatic carbocycles. The fourth-order valence-corrected chi connectivity index (χ4v) is 4.74. The van der Waals surface area contributed by atoms with Crippen molar-refractivity contribution in [1.82, 2.24) is 0 Å². The predicted molar refractivity (Wildman–Crippen MR) is 143 cm³/mol. The van der Waals surface area contributed by atoms with Crippen LogP contribution >= 0.6 is 15.9 Å². The molecule has 0 amide bonds. The topological polar surface area (TPSA) is 30.9 Å². The third-order valence-corrected chi connectivity index (χ3v) is 7.64. The smallest absolute Gasteiger partial charge is 0.453 e. The third kappa shape index (κ3) is 4.17. The zero-order valence-electron chi connectivity index (χ0n) is 20.5. The second kappa shape index (κ2) is 8.74. The van der Waals surface area contributed by atoms with Crippen molar-refractivity contribution >= 4 is 45.6 Å². The molecule has 5 rings (SSSR count). The Morgan fingerprint density at radius 1 is 0.824 bits per heavy atom. The molecule has 1 fully saturated rings. The fraction of sp³-hybridized carbons (Fsp3) is 0.357. The number of hydrogen-bond donors (Lipinski definition) is 0. The van der Waals surface area contributed by atoms with Crippen molar-refractivity contribution in [1.29, 1.82) is 0 Å². The molecule has 34 heavy (non-hydrogen) atoms. The van der Waals surface area contributed by atoms with Crippen LogP contribution in [0.3, 0.4) is 0 Å². The molecule has 0 unspecified atom stereocenters. The predicted octanol–water partition coefficient (Wildman–Crippen LogP) is 7.67. The van der Waals surface area contributed by atoms with Crippen LogP contribution in [0.4, 0.5) is 17.1 Å². The van der Waals surface area contributed by atoms with E-state index in [2.05, 4.69) is 104 Å². The molecule has 0 radical (unpaired) electrons. The van der Waals surface area contributed by atoms with Crippen molar-refractivity contribution in [2.75, 3.05) is 4.90 Å². The molecule has 2 heterocycles. The van der Waals surface area contributed by atoms with Crippen LogP contribution in [0.5, 0.6) is 11.5 Å². The molecule has 0 atom stereocenters. The Morgan fingerprint density at radius 2 is 1.44 bits per heavy atom. The first-order chi connectivity index (χ1) is 16.2. The average molecular weight is 520 g/mol. The van der Waals surface area contributed by atoms with Crippen LogP contribution in [0.2, 0.25) is 0 Å². The molecular weight excluding hydrogens is 489 g/mol. The number of rotatable bonds is 5. The first-order valence-corrected chi connectivity index (χ1v) is 12.8. The minimum atomic E-state index is -0.436. The Morgan fingerprint density at radius 3 is 2.09 bits per heavy atom. The molecule has 0 bridgehead atoms. The maximum atomic E-state index is 6.41. The van der Waals surface area contributed by atoms with Gasteiger partial charge in [-0.25, -0.2) is 0 Å². The number of ether oxygens (including phenoxy) is 1. The van der Waals surface area contributed by atoms with Crippen molar-refractivity contribution in [3.8, 4) is 11.5 Å². The summed E-state index contributed by atoms with van der Waals surface area (Å²) in [7, 11) is -0.436. The molecule has 3 aromatic rings. The average Bonchev–Trinajstić information content (AvgIpc) is 3.02. The highest BCUT2D eigenvalue weighted by Gasteiger charge is 2.52. The molecule has 0 aliphatic carbocycles. The monoisotopic (exact) mass is 519 g/mol. The molecule has 2 aliphatic rings. The minimum absolute atomic E-state index is 0.391. The first kappa shape index (κ1) is 23.5. The van der Waals surface area contributed by atoms with Crippen molar-refractivity contribution in [2.24, 2.45) is 0 Å². The highest BCUT2D eigenvalue weighted by molar-refractivity contribution is 9.10. The van der Waals surface area contributed by atoms with Crippen LogP contribution in [-0.2, 0) is 15.7 Å². The summed E-state index contributed by atoms with van der Waals surface area (Å²) >= 11 is 3.59. The van der Waals surface area contributed by atoms with E-state index in [0.717, 1.165) is 44.9 Å². The van der Waals surface area contributed by atoms with Gasteiger partial charge in [0.1, 0.15) is 0 Å². The molecule has 4 nitrogen and oxygen atoms in total. The van der Waals surface area contributed by atoms with Gasteiger partial charge in [0, 0.05) is 10.2 Å². The maximum Gasteiger partial charge on any atom is 0.494 e. The largest absolute Gasteiger partial charge is 0.494 e. The maximum absolute atomic E-state index is 6.41. The van der Waals surface area contributed by atoms with Crippen molar-refractivity contribution in [3.05, 3.63) is 70.7 Å². The van der Waals surface area contributed by atoms with Gasteiger partial charge in [0.2, 0.25) is 0 Å². The summed E-state index contributed by atoms with van der Waals surface area (Å²) in [6, 6.07) is 21.3. The van der Waals surface area contributed by atoms with Gasteiger partial charge in [-0.2, -0.15) is 0 Å². The van der Waals surface area contributed by atoms with Gasteiger partial charge in [0.25, 0.3) is 0 Å². The number of fused-ring (bicyclic) bond motifs is 2. The minimum Gasteiger partial charge on any atom is -0.453 e. The summed E-state index contributed by atoms with van der Waals surface area (Å²) in [5.41, 5.74) is 4.65. The third-order valence-electron chi connectivity index (χ3n) is 7.15. The molecule has 0 aromatic heterocycles. The summed E-state index contributed by atoms with van der Waals surface area (Å²) in [6.45, 7) is 10.5. The molecule has 1 saturated heterocycles. The fourth-order valence-electron chi connectivity index (χ4n) is 4.40. The zero-order chi connectivity index (χ0) is 24.1. The lowest BCUT2D eigenvalue weighted by molar-refractivity contribution is 0.00578. The van der Waals surface area contributed by atoms with Gasteiger partial charge in [0.15, 0.2) is 11.5 Å². The van der Waals surface area contributed by atoms with Gasteiger partial charge in [-0.1, -0.05) is 47.5 Å². The Labute approximate surface area is 211 Å². The second-order valence-electron chi connectivity index (χ2n) is 10.1. The van der Waals surface area contributed by atoms with Crippen LogP contribution in [0.1, 0.15) is 53.0 Å². The highest BCUT2D eigenvalue weighted by atomic mass is 79.9. The van der Waals surface area contributed by atoms with E-state index in [-0.39, 0.29) is 0 Å². The number of benzene rings is 3. The van der Waals surface area contributed by atoms with Crippen LogP contribution in [-0.4, -0.2) is 18.3 Å². The summed E-state index contributed by atoms with van der Waals surface area (Å²) < 4.78 is 20.0.